The Morgan fingerprint density at radius 2 is 2.00 bits per heavy atom. The first-order valence-corrected chi connectivity index (χ1v) is 4.90. The molecule has 0 aliphatic heterocycles. The molecular formula is C11H8F4O2. The van der Waals surface area contributed by atoms with Crippen LogP contribution in [0.2, 0.25) is 0 Å². The quantitative estimate of drug-likeness (QED) is 0.817. The number of alkyl halides is 3. The van der Waals surface area contributed by atoms with Gasteiger partial charge in [0.05, 0.1) is 11.5 Å². The summed E-state index contributed by atoms with van der Waals surface area (Å²) in [5, 5.41) is 8.67. The average Bonchev–Trinajstić information content (AvgIpc) is 2.96. The van der Waals surface area contributed by atoms with Crippen molar-refractivity contribution in [3.05, 3.63) is 35.1 Å². The minimum Gasteiger partial charge on any atom is -0.481 e. The Labute approximate surface area is 93.9 Å². The minimum atomic E-state index is -4.76. The van der Waals surface area contributed by atoms with E-state index in [1.165, 1.54) is 6.07 Å². The first-order chi connectivity index (χ1) is 7.80. The largest absolute Gasteiger partial charge is 0.481 e. The standard InChI is InChI=1S/C11H8F4O2/c12-9-2-1-5(3-8(9)11(13,14)15)6-4-7(6)10(16)17/h1-3,6-7H,4H2,(H,16,17)/t6?,7-/m0/s1. The fourth-order valence-electron chi connectivity index (χ4n) is 1.83. The highest BCUT2D eigenvalue weighted by atomic mass is 19.4. The molecule has 2 rings (SSSR count). The second-order valence-electron chi connectivity index (χ2n) is 4.02. The number of aliphatic carboxylic acids is 1. The van der Waals surface area contributed by atoms with Gasteiger partial charge in [-0.05, 0) is 30.0 Å². The Morgan fingerprint density at radius 1 is 1.35 bits per heavy atom. The van der Waals surface area contributed by atoms with Gasteiger partial charge in [0, 0.05) is 0 Å². The van der Waals surface area contributed by atoms with E-state index in [9.17, 15) is 22.4 Å². The number of halogens is 4. The van der Waals surface area contributed by atoms with E-state index in [1.807, 2.05) is 0 Å². The second-order valence-corrected chi connectivity index (χ2v) is 4.02. The maximum Gasteiger partial charge on any atom is 0.419 e. The highest BCUT2D eigenvalue weighted by Gasteiger charge is 2.45. The molecule has 1 aliphatic carbocycles. The van der Waals surface area contributed by atoms with Gasteiger partial charge < -0.3 is 5.11 Å². The maximum absolute atomic E-state index is 13.0. The van der Waals surface area contributed by atoms with E-state index in [4.69, 9.17) is 5.11 Å². The molecule has 1 unspecified atom stereocenters. The predicted octanol–water partition coefficient (Wildman–Crippen LogP) is 3.03. The van der Waals surface area contributed by atoms with Gasteiger partial charge in [0.1, 0.15) is 5.82 Å². The van der Waals surface area contributed by atoms with Crippen molar-refractivity contribution in [1.82, 2.24) is 0 Å². The summed E-state index contributed by atoms with van der Waals surface area (Å²) in [6.07, 6.45) is -4.45. The first-order valence-electron chi connectivity index (χ1n) is 4.90. The van der Waals surface area contributed by atoms with E-state index in [0.717, 1.165) is 6.07 Å². The molecule has 1 fully saturated rings. The molecule has 1 aromatic carbocycles. The number of hydrogen-bond acceptors (Lipinski definition) is 1. The molecule has 0 amide bonds. The maximum atomic E-state index is 13.0. The molecule has 2 nitrogen and oxygen atoms in total. The molecule has 0 bridgehead atoms. The van der Waals surface area contributed by atoms with Gasteiger partial charge in [-0.3, -0.25) is 4.79 Å². The van der Waals surface area contributed by atoms with Crippen molar-refractivity contribution >= 4 is 5.97 Å². The Kier molecular flexibility index (Phi) is 2.60. The van der Waals surface area contributed by atoms with Crippen molar-refractivity contribution < 1.29 is 27.5 Å². The summed E-state index contributed by atoms with van der Waals surface area (Å²) in [6.45, 7) is 0. The van der Waals surface area contributed by atoms with E-state index in [-0.39, 0.29) is 5.56 Å². The smallest absolute Gasteiger partial charge is 0.419 e. The van der Waals surface area contributed by atoms with E-state index in [0.29, 0.717) is 12.5 Å². The third kappa shape index (κ3) is 2.25. The van der Waals surface area contributed by atoms with Crippen molar-refractivity contribution in [2.75, 3.05) is 0 Å². The van der Waals surface area contributed by atoms with Crippen LogP contribution in [0.1, 0.15) is 23.5 Å². The second kappa shape index (κ2) is 3.72. The highest BCUT2D eigenvalue weighted by Crippen LogP contribution is 2.48. The Morgan fingerprint density at radius 3 is 2.47 bits per heavy atom. The van der Waals surface area contributed by atoms with Gasteiger partial charge in [0.2, 0.25) is 0 Å². The lowest BCUT2D eigenvalue weighted by atomic mass is 10.0. The summed E-state index contributed by atoms with van der Waals surface area (Å²) in [7, 11) is 0. The van der Waals surface area contributed by atoms with E-state index >= 15 is 0 Å². The molecule has 2 atom stereocenters. The zero-order valence-electron chi connectivity index (χ0n) is 8.46. The van der Waals surface area contributed by atoms with Gasteiger partial charge in [0.15, 0.2) is 0 Å². The van der Waals surface area contributed by atoms with Crippen molar-refractivity contribution in [2.45, 2.75) is 18.5 Å². The first kappa shape index (κ1) is 11.9. The van der Waals surface area contributed by atoms with Crippen LogP contribution in [0.4, 0.5) is 17.6 Å². The van der Waals surface area contributed by atoms with Crippen LogP contribution in [0.15, 0.2) is 18.2 Å². The van der Waals surface area contributed by atoms with Crippen molar-refractivity contribution in [3.8, 4) is 0 Å². The van der Waals surface area contributed by atoms with Crippen LogP contribution in [0.25, 0.3) is 0 Å². The lowest BCUT2D eigenvalue weighted by Crippen LogP contribution is -2.09. The van der Waals surface area contributed by atoms with Crippen LogP contribution in [0.3, 0.4) is 0 Å². The van der Waals surface area contributed by atoms with Crippen LogP contribution in [0.5, 0.6) is 0 Å². The molecule has 1 aliphatic rings. The number of carbonyl (C=O) groups is 1. The van der Waals surface area contributed by atoms with E-state index in [2.05, 4.69) is 0 Å². The third-order valence-corrected chi connectivity index (χ3v) is 2.83. The summed E-state index contributed by atoms with van der Waals surface area (Å²) in [5.74, 6) is -3.46. The number of carboxylic acid groups (broad SMARTS) is 1. The average molecular weight is 248 g/mol. The van der Waals surface area contributed by atoms with Crippen molar-refractivity contribution in [2.24, 2.45) is 5.92 Å². The van der Waals surface area contributed by atoms with Gasteiger partial charge in [-0.2, -0.15) is 13.2 Å². The summed E-state index contributed by atoms with van der Waals surface area (Å²) in [6, 6.07) is 2.64. The van der Waals surface area contributed by atoms with Gasteiger partial charge in [-0.1, -0.05) is 6.07 Å². The fraction of sp³-hybridized carbons (Fsp3) is 0.364. The Bertz CT molecular complexity index is 467. The van der Waals surface area contributed by atoms with Gasteiger partial charge in [0.25, 0.3) is 0 Å². The third-order valence-electron chi connectivity index (χ3n) is 2.83. The van der Waals surface area contributed by atoms with Crippen LogP contribution in [-0.2, 0) is 11.0 Å². The molecule has 0 spiro atoms. The van der Waals surface area contributed by atoms with E-state index < -0.39 is 35.4 Å². The van der Waals surface area contributed by atoms with Gasteiger partial charge in [-0.25, -0.2) is 4.39 Å². The van der Waals surface area contributed by atoms with Crippen LogP contribution in [0, 0.1) is 11.7 Å². The van der Waals surface area contributed by atoms with E-state index in [1.54, 1.807) is 0 Å². The molecular weight excluding hydrogens is 240 g/mol. The highest BCUT2D eigenvalue weighted by molar-refractivity contribution is 5.75. The fourth-order valence-corrected chi connectivity index (χ4v) is 1.83. The van der Waals surface area contributed by atoms with Crippen LogP contribution < -0.4 is 0 Å². The number of benzene rings is 1. The Hall–Kier alpha value is -1.59. The van der Waals surface area contributed by atoms with Gasteiger partial charge in [-0.15, -0.1) is 0 Å². The monoisotopic (exact) mass is 248 g/mol. The predicted molar refractivity (Wildman–Crippen MR) is 49.9 cm³/mol. The number of hydrogen-bond donors (Lipinski definition) is 1. The molecule has 6 heteroatoms. The number of carboxylic acids is 1. The molecule has 1 aromatic rings. The summed E-state index contributed by atoms with van der Waals surface area (Å²) in [4.78, 5) is 10.6. The Balaban J connectivity index is 2.30. The molecule has 1 N–H and O–H groups in total. The summed E-state index contributed by atoms with van der Waals surface area (Å²) >= 11 is 0. The topological polar surface area (TPSA) is 37.3 Å². The molecule has 0 saturated heterocycles. The van der Waals surface area contributed by atoms with Crippen molar-refractivity contribution in [3.63, 3.8) is 0 Å². The minimum absolute atomic E-state index is 0.228. The summed E-state index contributed by atoms with van der Waals surface area (Å²) < 4.78 is 50.2. The lowest BCUT2D eigenvalue weighted by Gasteiger charge is -2.09. The zero-order valence-corrected chi connectivity index (χ0v) is 8.46. The molecule has 17 heavy (non-hydrogen) atoms. The van der Waals surface area contributed by atoms with Crippen LogP contribution >= 0.6 is 0 Å². The molecule has 1 saturated carbocycles. The van der Waals surface area contributed by atoms with Crippen molar-refractivity contribution in [1.29, 1.82) is 0 Å². The van der Waals surface area contributed by atoms with Crippen LogP contribution in [-0.4, -0.2) is 11.1 Å². The zero-order chi connectivity index (χ0) is 12.8. The summed E-state index contributed by atoms with van der Waals surface area (Å²) in [5.41, 5.74) is -1.11. The SMILES string of the molecule is O=C(O)[C@H]1CC1c1ccc(F)c(C(F)(F)F)c1. The molecule has 92 valence electrons. The molecule has 0 heterocycles. The molecule has 0 radical (unpaired) electrons. The van der Waals surface area contributed by atoms with Gasteiger partial charge >= 0.3 is 12.1 Å². The lowest BCUT2D eigenvalue weighted by molar-refractivity contribution is -0.140. The number of rotatable bonds is 2. The molecule has 0 aromatic heterocycles. The normalized spacial score (nSPS) is 23.5.